The van der Waals surface area contributed by atoms with Crippen molar-refractivity contribution in [1.82, 2.24) is 15.3 Å². The number of nitrogens with zero attached hydrogens (tertiary/aromatic N) is 2. The molecule has 3 rings (SSSR count). The summed E-state index contributed by atoms with van der Waals surface area (Å²) in [5.41, 5.74) is 7.56. The van der Waals surface area contributed by atoms with Crippen LogP contribution in [-0.2, 0) is 6.54 Å². The van der Waals surface area contributed by atoms with Crippen molar-refractivity contribution in [3.63, 3.8) is 0 Å². The van der Waals surface area contributed by atoms with Gasteiger partial charge in [0.2, 0.25) is 0 Å². The second-order valence-electron chi connectivity index (χ2n) is 5.76. The third-order valence-corrected chi connectivity index (χ3v) is 5.20. The summed E-state index contributed by atoms with van der Waals surface area (Å²) in [6, 6.07) is 3.25. The molecule has 0 aliphatic carbocycles. The van der Waals surface area contributed by atoms with E-state index in [2.05, 4.69) is 15.3 Å². The average molecular weight is 348 g/mol. The largest absolute Gasteiger partial charge is 0.383 e. The van der Waals surface area contributed by atoms with Crippen LogP contribution in [0.2, 0.25) is 0 Å². The molecule has 126 valence electrons. The molecule has 1 aromatic carbocycles. The van der Waals surface area contributed by atoms with Gasteiger partial charge in [0.1, 0.15) is 28.1 Å². The molecule has 0 spiro atoms. The first-order valence-corrected chi connectivity index (χ1v) is 8.39. The van der Waals surface area contributed by atoms with Gasteiger partial charge in [-0.25, -0.2) is 18.7 Å². The normalized spacial score (nSPS) is 12.7. The summed E-state index contributed by atoms with van der Waals surface area (Å²) in [7, 11) is 0. The molecular formula is C17H18F2N4S. The molecule has 0 aliphatic heterocycles. The maximum absolute atomic E-state index is 13.8. The van der Waals surface area contributed by atoms with Gasteiger partial charge < -0.3 is 11.1 Å². The molecule has 2 heterocycles. The quantitative estimate of drug-likeness (QED) is 0.747. The molecule has 3 N–H and O–H groups in total. The molecular weight excluding hydrogens is 330 g/mol. The fourth-order valence-electron chi connectivity index (χ4n) is 2.61. The highest BCUT2D eigenvalue weighted by Crippen LogP contribution is 2.31. The fourth-order valence-corrected chi connectivity index (χ4v) is 3.67. The summed E-state index contributed by atoms with van der Waals surface area (Å²) in [6.07, 6.45) is 0. The lowest BCUT2D eigenvalue weighted by atomic mass is 10.1. The number of nitrogen functional groups attached to an aromatic ring is 1. The molecule has 0 bridgehead atoms. The molecule has 0 aliphatic rings. The Hall–Kier alpha value is -2.12. The van der Waals surface area contributed by atoms with Crippen molar-refractivity contribution in [1.29, 1.82) is 0 Å². The van der Waals surface area contributed by atoms with Gasteiger partial charge in [0, 0.05) is 22.5 Å². The predicted molar refractivity (Wildman–Crippen MR) is 92.9 cm³/mol. The van der Waals surface area contributed by atoms with E-state index in [1.807, 2.05) is 13.8 Å². The standard InChI is InChI=1S/C17H18F2N4S/c1-8-10(3)24-17-15(8)16(20)22-14(23-17)7-21-9(2)12-5-4-11(18)6-13(12)19/h4-6,9,21H,7H2,1-3H3,(H2,20,22,23). The highest BCUT2D eigenvalue weighted by atomic mass is 32.1. The van der Waals surface area contributed by atoms with Crippen LogP contribution >= 0.6 is 11.3 Å². The minimum absolute atomic E-state index is 0.307. The Labute approximate surface area is 142 Å². The van der Waals surface area contributed by atoms with Crippen molar-refractivity contribution in [2.75, 3.05) is 5.73 Å². The first-order chi connectivity index (χ1) is 11.4. The van der Waals surface area contributed by atoms with Crippen LogP contribution in [-0.4, -0.2) is 9.97 Å². The number of thiophene rings is 1. The summed E-state index contributed by atoms with van der Waals surface area (Å²) < 4.78 is 26.8. The second-order valence-corrected chi connectivity index (χ2v) is 6.96. The maximum atomic E-state index is 13.8. The van der Waals surface area contributed by atoms with Crippen LogP contribution in [0.25, 0.3) is 10.2 Å². The summed E-state index contributed by atoms with van der Waals surface area (Å²) >= 11 is 1.58. The van der Waals surface area contributed by atoms with Gasteiger partial charge in [-0.1, -0.05) is 6.07 Å². The van der Waals surface area contributed by atoms with E-state index in [0.717, 1.165) is 26.7 Å². The SMILES string of the molecule is Cc1sc2nc(CNC(C)c3ccc(F)cc3F)nc(N)c2c1C. The number of aryl methyl sites for hydroxylation is 2. The van der Waals surface area contributed by atoms with Crippen LogP contribution in [0.5, 0.6) is 0 Å². The Morgan fingerprint density at radius 1 is 1.25 bits per heavy atom. The average Bonchev–Trinajstić information content (AvgIpc) is 2.80. The summed E-state index contributed by atoms with van der Waals surface area (Å²) in [5.74, 6) is -0.154. The lowest BCUT2D eigenvalue weighted by molar-refractivity contribution is 0.512. The predicted octanol–water partition coefficient (Wildman–Crippen LogP) is 4.02. The zero-order chi connectivity index (χ0) is 17.4. The lowest BCUT2D eigenvalue weighted by Gasteiger charge is -2.14. The topological polar surface area (TPSA) is 63.8 Å². The molecule has 0 fully saturated rings. The molecule has 1 unspecified atom stereocenters. The number of nitrogens with two attached hydrogens (primary N) is 1. The van der Waals surface area contributed by atoms with E-state index < -0.39 is 11.6 Å². The monoisotopic (exact) mass is 348 g/mol. The van der Waals surface area contributed by atoms with Crippen LogP contribution in [0.3, 0.4) is 0 Å². The van der Waals surface area contributed by atoms with E-state index in [4.69, 9.17) is 5.73 Å². The van der Waals surface area contributed by atoms with Crippen molar-refractivity contribution < 1.29 is 8.78 Å². The third-order valence-electron chi connectivity index (χ3n) is 4.10. The Kier molecular flexibility index (Phi) is 4.47. The van der Waals surface area contributed by atoms with Gasteiger partial charge in [-0.05, 0) is 32.4 Å². The van der Waals surface area contributed by atoms with Crippen molar-refractivity contribution >= 4 is 27.4 Å². The zero-order valence-electron chi connectivity index (χ0n) is 13.7. The van der Waals surface area contributed by atoms with Gasteiger partial charge in [0.05, 0.1) is 11.9 Å². The van der Waals surface area contributed by atoms with Gasteiger partial charge >= 0.3 is 0 Å². The first-order valence-electron chi connectivity index (χ1n) is 7.57. The van der Waals surface area contributed by atoms with Gasteiger partial charge in [-0.3, -0.25) is 0 Å². The van der Waals surface area contributed by atoms with Gasteiger partial charge in [0.25, 0.3) is 0 Å². The van der Waals surface area contributed by atoms with E-state index in [9.17, 15) is 8.78 Å². The number of rotatable bonds is 4. The summed E-state index contributed by atoms with van der Waals surface area (Å²) in [4.78, 5) is 10.9. The lowest BCUT2D eigenvalue weighted by Crippen LogP contribution is -2.21. The van der Waals surface area contributed by atoms with E-state index in [-0.39, 0.29) is 6.04 Å². The van der Waals surface area contributed by atoms with Crippen LogP contribution in [0.4, 0.5) is 14.6 Å². The third kappa shape index (κ3) is 3.09. The molecule has 0 saturated heterocycles. The van der Waals surface area contributed by atoms with E-state index in [0.29, 0.717) is 23.8 Å². The Bertz CT molecular complexity index is 907. The van der Waals surface area contributed by atoms with Crippen molar-refractivity contribution in [3.05, 3.63) is 51.7 Å². The van der Waals surface area contributed by atoms with Crippen molar-refractivity contribution in [2.45, 2.75) is 33.4 Å². The molecule has 0 amide bonds. The minimum atomic E-state index is -0.589. The molecule has 0 saturated carbocycles. The first kappa shape index (κ1) is 16.7. The molecule has 7 heteroatoms. The van der Waals surface area contributed by atoms with Crippen LogP contribution in [0, 0.1) is 25.5 Å². The highest BCUT2D eigenvalue weighted by molar-refractivity contribution is 7.18. The molecule has 2 aromatic heterocycles. The van der Waals surface area contributed by atoms with Crippen molar-refractivity contribution in [3.8, 4) is 0 Å². The second kappa shape index (κ2) is 6.41. The van der Waals surface area contributed by atoms with Gasteiger partial charge in [-0.15, -0.1) is 11.3 Å². The number of anilines is 1. The molecule has 3 aromatic rings. The summed E-state index contributed by atoms with van der Waals surface area (Å²) in [6.45, 7) is 6.18. The van der Waals surface area contributed by atoms with E-state index >= 15 is 0 Å². The smallest absolute Gasteiger partial charge is 0.146 e. The summed E-state index contributed by atoms with van der Waals surface area (Å²) in [5, 5.41) is 4.05. The molecule has 4 nitrogen and oxygen atoms in total. The number of benzene rings is 1. The Morgan fingerprint density at radius 2 is 2.00 bits per heavy atom. The van der Waals surface area contributed by atoms with Crippen LogP contribution < -0.4 is 11.1 Å². The zero-order valence-corrected chi connectivity index (χ0v) is 14.5. The molecule has 1 atom stereocenters. The van der Waals surface area contributed by atoms with Crippen molar-refractivity contribution in [2.24, 2.45) is 0 Å². The molecule has 0 radical (unpaired) electrons. The van der Waals surface area contributed by atoms with Crippen LogP contribution in [0.1, 0.15) is 34.8 Å². The molecule has 24 heavy (non-hydrogen) atoms. The number of fused-ring (bicyclic) bond motifs is 1. The Morgan fingerprint density at radius 3 is 2.71 bits per heavy atom. The minimum Gasteiger partial charge on any atom is -0.383 e. The van der Waals surface area contributed by atoms with E-state index in [1.54, 1.807) is 18.3 Å². The fraction of sp³-hybridized carbons (Fsp3) is 0.294. The van der Waals surface area contributed by atoms with Gasteiger partial charge in [0.15, 0.2) is 0 Å². The number of halogens is 2. The Balaban J connectivity index is 1.80. The van der Waals surface area contributed by atoms with Gasteiger partial charge in [-0.2, -0.15) is 0 Å². The number of hydrogen-bond donors (Lipinski definition) is 2. The number of aromatic nitrogens is 2. The highest BCUT2D eigenvalue weighted by Gasteiger charge is 2.15. The number of nitrogens with one attached hydrogen (secondary N) is 1. The number of hydrogen-bond acceptors (Lipinski definition) is 5. The maximum Gasteiger partial charge on any atom is 0.146 e. The van der Waals surface area contributed by atoms with E-state index in [1.165, 1.54) is 12.1 Å². The van der Waals surface area contributed by atoms with Crippen LogP contribution in [0.15, 0.2) is 18.2 Å².